The molecule has 1 atom stereocenters. The maximum Gasteiger partial charge on any atom is 0.136 e. The molecule has 84 valence electrons. The van der Waals surface area contributed by atoms with Gasteiger partial charge in [0.1, 0.15) is 11.8 Å². The van der Waals surface area contributed by atoms with Gasteiger partial charge in [0.05, 0.1) is 12.7 Å². The van der Waals surface area contributed by atoms with Gasteiger partial charge in [-0.1, -0.05) is 6.92 Å². The van der Waals surface area contributed by atoms with Crippen LogP contribution in [-0.2, 0) is 6.42 Å². The van der Waals surface area contributed by atoms with E-state index >= 15 is 0 Å². The number of ether oxygens (including phenoxy) is 1. The van der Waals surface area contributed by atoms with Crippen LogP contribution in [0.4, 0.5) is 0 Å². The van der Waals surface area contributed by atoms with Gasteiger partial charge in [-0.25, -0.2) is 0 Å². The lowest BCUT2D eigenvalue weighted by atomic mass is 9.93. The van der Waals surface area contributed by atoms with Crippen LogP contribution in [-0.4, -0.2) is 20.2 Å². The summed E-state index contributed by atoms with van der Waals surface area (Å²) in [6, 6.07) is 6.18. The van der Waals surface area contributed by atoms with Gasteiger partial charge in [0.2, 0.25) is 0 Å². The minimum atomic E-state index is 0.454. The summed E-state index contributed by atoms with van der Waals surface area (Å²) in [6.45, 7) is 4.15. The molecule has 3 nitrogen and oxygen atoms in total. The predicted octanol–water partition coefficient (Wildman–Crippen LogP) is 1.82. The number of nitrogens with zero attached hydrogens (tertiary/aromatic N) is 1. The van der Waals surface area contributed by atoms with E-state index in [4.69, 9.17) is 10.00 Å². The summed E-state index contributed by atoms with van der Waals surface area (Å²) in [7, 11) is 1.61. The van der Waals surface area contributed by atoms with Gasteiger partial charge in [0.15, 0.2) is 0 Å². The van der Waals surface area contributed by atoms with Crippen molar-refractivity contribution in [1.82, 2.24) is 5.32 Å². The molecule has 1 aromatic carbocycles. The first-order valence-electron chi connectivity index (χ1n) is 5.58. The third-order valence-electron chi connectivity index (χ3n) is 3.13. The van der Waals surface area contributed by atoms with Gasteiger partial charge >= 0.3 is 0 Å². The standard InChI is InChI=1S/C13H16N2O/c1-9-8-15-4-3-10-6-13(16-2)11(7-14)5-12(9)10/h5-6,9,15H,3-4,8H2,1-2H3/t9-/m0/s1. The van der Waals surface area contributed by atoms with E-state index in [1.807, 2.05) is 12.1 Å². The molecule has 1 N–H and O–H groups in total. The highest BCUT2D eigenvalue weighted by Gasteiger charge is 2.17. The Balaban J connectivity index is 2.53. The Morgan fingerprint density at radius 1 is 1.50 bits per heavy atom. The van der Waals surface area contributed by atoms with Crippen molar-refractivity contribution in [2.45, 2.75) is 19.3 Å². The molecule has 0 radical (unpaired) electrons. The molecule has 1 aliphatic rings. The number of hydrogen-bond donors (Lipinski definition) is 1. The first kappa shape index (κ1) is 11.0. The summed E-state index contributed by atoms with van der Waals surface area (Å²) in [5, 5.41) is 12.5. The van der Waals surface area contributed by atoms with Crippen molar-refractivity contribution in [1.29, 1.82) is 5.26 Å². The Hall–Kier alpha value is -1.53. The van der Waals surface area contributed by atoms with E-state index in [1.54, 1.807) is 7.11 Å². The second-order valence-electron chi connectivity index (χ2n) is 4.22. The van der Waals surface area contributed by atoms with Crippen molar-refractivity contribution in [2.75, 3.05) is 20.2 Å². The van der Waals surface area contributed by atoms with Crippen molar-refractivity contribution in [3.05, 3.63) is 28.8 Å². The molecule has 16 heavy (non-hydrogen) atoms. The smallest absolute Gasteiger partial charge is 0.136 e. The maximum atomic E-state index is 9.06. The lowest BCUT2D eigenvalue weighted by Gasteiger charge is -2.14. The number of nitrogens with one attached hydrogen (secondary N) is 1. The topological polar surface area (TPSA) is 45.0 Å². The Labute approximate surface area is 96.0 Å². The van der Waals surface area contributed by atoms with Gasteiger partial charge in [0.25, 0.3) is 0 Å². The highest BCUT2D eigenvalue weighted by atomic mass is 16.5. The zero-order chi connectivity index (χ0) is 11.5. The van der Waals surface area contributed by atoms with Crippen molar-refractivity contribution >= 4 is 0 Å². The number of rotatable bonds is 1. The van der Waals surface area contributed by atoms with Crippen LogP contribution >= 0.6 is 0 Å². The first-order valence-corrected chi connectivity index (χ1v) is 5.58. The normalized spacial score (nSPS) is 19.4. The van der Waals surface area contributed by atoms with E-state index in [2.05, 4.69) is 18.3 Å². The average Bonchev–Trinajstić information content (AvgIpc) is 2.49. The summed E-state index contributed by atoms with van der Waals surface area (Å²) in [6.07, 6.45) is 1.00. The van der Waals surface area contributed by atoms with Crippen molar-refractivity contribution in [3.63, 3.8) is 0 Å². The molecule has 0 aliphatic carbocycles. The molecule has 1 aliphatic heterocycles. The fourth-order valence-electron chi connectivity index (χ4n) is 2.22. The van der Waals surface area contributed by atoms with E-state index in [1.165, 1.54) is 11.1 Å². The fraction of sp³-hybridized carbons (Fsp3) is 0.462. The number of fused-ring (bicyclic) bond motifs is 1. The van der Waals surface area contributed by atoms with Gasteiger partial charge < -0.3 is 10.1 Å². The maximum absolute atomic E-state index is 9.06. The van der Waals surface area contributed by atoms with Crippen LogP contribution in [0.25, 0.3) is 0 Å². The molecule has 0 unspecified atom stereocenters. The first-order chi connectivity index (χ1) is 7.76. The van der Waals surface area contributed by atoms with E-state index in [9.17, 15) is 0 Å². The van der Waals surface area contributed by atoms with Gasteiger partial charge in [-0.2, -0.15) is 5.26 Å². The Morgan fingerprint density at radius 3 is 3.00 bits per heavy atom. The van der Waals surface area contributed by atoms with Crippen LogP contribution in [0.3, 0.4) is 0 Å². The molecule has 0 bridgehead atoms. The molecule has 2 rings (SSSR count). The molecule has 0 saturated carbocycles. The fourth-order valence-corrected chi connectivity index (χ4v) is 2.22. The van der Waals surface area contributed by atoms with E-state index in [0.29, 0.717) is 17.2 Å². The van der Waals surface area contributed by atoms with E-state index in [0.717, 1.165) is 19.5 Å². The average molecular weight is 216 g/mol. The Morgan fingerprint density at radius 2 is 2.31 bits per heavy atom. The van der Waals surface area contributed by atoms with Crippen molar-refractivity contribution < 1.29 is 4.74 Å². The van der Waals surface area contributed by atoms with Gasteiger partial charge in [-0.05, 0) is 42.1 Å². The quantitative estimate of drug-likeness (QED) is 0.778. The molecule has 3 heteroatoms. The second-order valence-corrected chi connectivity index (χ2v) is 4.22. The highest BCUT2D eigenvalue weighted by molar-refractivity contribution is 5.50. The zero-order valence-electron chi connectivity index (χ0n) is 9.71. The molecule has 1 heterocycles. The lowest BCUT2D eigenvalue weighted by Crippen LogP contribution is -2.18. The Bertz CT molecular complexity index is 434. The van der Waals surface area contributed by atoms with Crippen LogP contribution in [0.5, 0.6) is 5.75 Å². The molecule has 0 aromatic heterocycles. The summed E-state index contributed by atoms with van der Waals surface area (Å²) >= 11 is 0. The summed E-state index contributed by atoms with van der Waals surface area (Å²) in [5.74, 6) is 1.14. The number of nitriles is 1. The molecule has 0 amide bonds. The minimum absolute atomic E-state index is 0.454. The monoisotopic (exact) mass is 216 g/mol. The van der Waals surface area contributed by atoms with E-state index < -0.39 is 0 Å². The van der Waals surface area contributed by atoms with Gasteiger partial charge in [-0.3, -0.25) is 0 Å². The second kappa shape index (κ2) is 4.54. The highest BCUT2D eigenvalue weighted by Crippen LogP contribution is 2.29. The van der Waals surface area contributed by atoms with Crippen molar-refractivity contribution in [2.24, 2.45) is 0 Å². The molecule has 0 fully saturated rings. The number of benzene rings is 1. The lowest BCUT2D eigenvalue weighted by molar-refractivity contribution is 0.412. The van der Waals surface area contributed by atoms with Crippen molar-refractivity contribution in [3.8, 4) is 11.8 Å². The van der Waals surface area contributed by atoms with Gasteiger partial charge in [0, 0.05) is 6.54 Å². The summed E-state index contributed by atoms with van der Waals surface area (Å²) in [5.41, 5.74) is 3.21. The number of hydrogen-bond acceptors (Lipinski definition) is 3. The third-order valence-corrected chi connectivity index (χ3v) is 3.13. The molecular formula is C13H16N2O. The molecule has 0 spiro atoms. The van der Waals surface area contributed by atoms with Crippen LogP contribution in [0.2, 0.25) is 0 Å². The predicted molar refractivity (Wildman–Crippen MR) is 62.7 cm³/mol. The van der Waals surface area contributed by atoms with Crippen LogP contribution in [0, 0.1) is 11.3 Å². The molecule has 1 aromatic rings. The Kier molecular flexibility index (Phi) is 3.12. The third kappa shape index (κ3) is 1.89. The minimum Gasteiger partial charge on any atom is -0.495 e. The van der Waals surface area contributed by atoms with E-state index in [-0.39, 0.29) is 0 Å². The van der Waals surface area contributed by atoms with Crippen LogP contribution in [0.1, 0.15) is 29.5 Å². The van der Waals surface area contributed by atoms with Gasteiger partial charge in [-0.15, -0.1) is 0 Å². The van der Waals surface area contributed by atoms with Crippen LogP contribution in [0.15, 0.2) is 12.1 Å². The summed E-state index contributed by atoms with van der Waals surface area (Å²) < 4.78 is 5.24. The zero-order valence-corrected chi connectivity index (χ0v) is 9.71. The molecular weight excluding hydrogens is 200 g/mol. The molecule has 0 saturated heterocycles. The largest absolute Gasteiger partial charge is 0.495 e. The number of methoxy groups -OCH3 is 1. The van der Waals surface area contributed by atoms with Crippen LogP contribution < -0.4 is 10.1 Å². The SMILES string of the molecule is COc1cc2c(cc1C#N)[C@@H](C)CNCC2. The summed E-state index contributed by atoms with van der Waals surface area (Å²) in [4.78, 5) is 0.